The average molecular weight is 302 g/mol. The van der Waals surface area contributed by atoms with Crippen LogP contribution in [-0.2, 0) is 9.59 Å². The predicted octanol–water partition coefficient (Wildman–Crippen LogP) is 2.56. The molecule has 6 heteroatoms. The normalized spacial score (nSPS) is 15.5. The Labute approximate surface area is 121 Å². The van der Waals surface area contributed by atoms with Gasteiger partial charge in [-0.1, -0.05) is 23.2 Å². The minimum atomic E-state index is -0.126. The van der Waals surface area contributed by atoms with E-state index in [-0.39, 0.29) is 18.3 Å². The van der Waals surface area contributed by atoms with Crippen molar-refractivity contribution in [1.29, 1.82) is 0 Å². The molecule has 1 saturated heterocycles. The Bertz CT molecular complexity index is 495. The topological polar surface area (TPSA) is 46.6 Å². The fraction of sp³-hybridized carbons (Fsp3) is 0.385. The molecule has 0 aliphatic carbocycles. The second-order valence-corrected chi connectivity index (χ2v) is 5.10. The van der Waals surface area contributed by atoms with Crippen molar-refractivity contribution < 1.29 is 14.3 Å². The molecule has 1 aliphatic rings. The van der Waals surface area contributed by atoms with Gasteiger partial charge in [-0.3, -0.25) is 9.59 Å². The van der Waals surface area contributed by atoms with Crippen LogP contribution in [0.5, 0.6) is 5.75 Å². The first kappa shape index (κ1) is 14.2. The summed E-state index contributed by atoms with van der Waals surface area (Å²) in [6.07, 6.45) is 0.858. The smallest absolute Gasteiger partial charge is 0.260 e. The number of rotatable bonds is 3. The summed E-state index contributed by atoms with van der Waals surface area (Å²) in [7, 11) is 0. The fourth-order valence-electron chi connectivity index (χ4n) is 1.81. The minimum Gasteiger partial charge on any atom is -0.484 e. The van der Waals surface area contributed by atoms with Crippen molar-refractivity contribution in [3.05, 3.63) is 28.2 Å². The van der Waals surface area contributed by atoms with Crippen LogP contribution in [0.1, 0.15) is 12.8 Å². The molecule has 0 spiro atoms. The third-order valence-corrected chi connectivity index (χ3v) is 3.67. The zero-order valence-corrected chi connectivity index (χ0v) is 11.7. The molecule has 0 radical (unpaired) electrons. The number of carbonyl (C=O) groups excluding carboxylic acids is 2. The lowest BCUT2D eigenvalue weighted by Gasteiger charge is -2.25. The van der Waals surface area contributed by atoms with Crippen LogP contribution < -0.4 is 4.74 Å². The Kier molecular flexibility index (Phi) is 4.66. The molecule has 1 aromatic rings. The number of nitrogens with zero attached hydrogens (tertiary/aromatic N) is 1. The van der Waals surface area contributed by atoms with Gasteiger partial charge in [0.25, 0.3) is 5.91 Å². The second-order valence-electron chi connectivity index (χ2n) is 4.28. The number of likely N-dealkylation sites (tertiary alicyclic amines) is 1. The molecule has 1 aromatic carbocycles. The summed E-state index contributed by atoms with van der Waals surface area (Å²) < 4.78 is 5.36. The van der Waals surface area contributed by atoms with Crippen molar-refractivity contribution in [2.75, 3.05) is 19.7 Å². The molecule has 1 heterocycles. The summed E-state index contributed by atoms with van der Waals surface area (Å²) in [5.41, 5.74) is 0. The van der Waals surface area contributed by atoms with Crippen LogP contribution in [0.4, 0.5) is 0 Å². The van der Waals surface area contributed by atoms with Gasteiger partial charge in [-0.25, -0.2) is 0 Å². The van der Waals surface area contributed by atoms with Crippen molar-refractivity contribution in [3.63, 3.8) is 0 Å². The molecule has 0 unspecified atom stereocenters. The lowest BCUT2D eigenvalue weighted by Crippen LogP contribution is -2.41. The molecule has 102 valence electrons. The molecule has 0 saturated carbocycles. The number of ether oxygens (including phenoxy) is 1. The molecule has 0 atom stereocenters. The van der Waals surface area contributed by atoms with Gasteiger partial charge in [0.2, 0.25) is 0 Å². The Hall–Kier alpha value is -1.26. The number of Topliss-reactive ketones (excluding diaryl/α,β-unsaturated/α-hetero) is 1. The van der Waals surface area contributed by atoms with Crippen LogP contribution in [-0.4, -0.2) is 36.3 Å². The van der Waals surface area contributed by atoms with Gasteiger partial charge < -0.3 is 9.64 Å². The Balaban J connectivity index is 1.86. The molecule has 1 aliphatic heterocycles. The first-order valence-electron chi connectivity index (χ1n) is 5.93. The molecular formula is C13H13Cl2NO3. The molecule has 2 rings (SSSR count). The zero-order valence-electron chi connectivity index (χ0n) is 10.2. The van der Waals surface area contributed by atoms with Gasteiger partial charge in [-0.15, -0.1) is 0 Å². The molecular weight excluding hydrogens is 289 g/mol. The van der Waals surface area contributed by atoms with Crippen molar-refractivity contribution in [3.8, 4) is 5.75 Å². The van der Waals surface area contributed by atoms with Gasteiger partial charge in [0, 0.05) is 32.0 Å². The SMILES string of the molecule is O=C1CCN(C(=O)COc2ccc(Cl)c(Cl)c2)CC1. The zero-order chi connectivity index (χ0) is 13.8. The van der Waals surface area contributed by atoms with Crippen molar-refractivity contribution >= 4 is 34.9 Å². The van der Waals surface area contributed by atoms with Crippen molar-refractivity contribution in [2.45, 2.75) is 12.8 Å². The number of halogens is 2. The van der Waals surface area contributed by atoms with E-state index in [0.717, 1.165) is 0 Å². The fourth-order valence-corrected chi connectivity index (χ4v) is 2.10. The maximum absolute atomic E-state index is 11.9. The number of piperidine rings is 1. The highest BCUT2D eigenvalue weighted by Gasteiger charge is 2.20. The monoisotopic (exact) mass is 301 g/mol. The van der Waals surface area contributed by atoms with E-state index in [1.165, 1.54) is 0 Å². The number of carbonyl (C=O) groups is 2. The van der Waals surface area contributed by atoms with Crippen molar-refractivity contribution in [2.24, 2.45) is 0 Å². The molecule has 1 amide bonds. The van der Waals surface area contributed by atoms with E-state index in [9.17, 15) is 9.59 Å². The highest BCUT2D eigenvalue weighted by atomic mass is 35.5. The van der Waals surface area contributed by atoms with Gasteiger partial charge in [0.1, 0.15) is 11.5 Å². The lowest BCUT2D eigenvalue weighted by atomic mass is 10.1. The van der Waals surface area contributed by atoms with Crippen LogP contribution in [0.15, 0.2) is 18.2 Å². The maximum atomic E-state index is 11.9. The molecule has 4 nitrogen and oxygen atoms in total. The summed E-state index contributed by atoms with van der Waals surface area (Å²) in [5, 5.41) is 0.824. The van der Waals surface area contributed by atoms with Crippen molar-refractivity contribution in [1.82, 2.24) is 4.90 Å². The molecule has 1 fully saturated rings. The van der Waals surface area contributed by atoms with Gasteiger partial charge >= 0.3 is 0 Å². The number of amides is 1. The highest BCUT2D eigenvalue weighted by Crippen LogP contribution is 2.26. The Morgan fingerprint density at radius 2 is 1.89 bits per heavy atom. The third kappa shape index (κ3) is 3.85. The van der Waals surface area contributed by atoms with E-state index >= 15 is 0 Å². The van der Waals surface area contributed by atoms with E-state index in [1.807, 2.05) is 0 Å². The van der Waals surface area contributed by atoms with Crippen LogP contribution in [0, 0.1) is 0 Å². The largest absolute Gasteiger partial charge is 0.484 e. The summed E-state index contributed by atoms with van der Waals surface area (Å²) in [6, 6.07) is 4.83. The summed E-state index contributed by atoms with van der Waals surface area (Å²) >= 11 is 11.6. The minimum absolute atomic E-state index is 0.0633. The van der Waals surface area contributed by atoms with E-state index in [1.54, 1.807) is 23.1 Å². The van der Waals surface area contributed by atoms with Gasteiger partial charge in [-0.2, -0.15) is 0 Å². The van der Waals surface area contributed by atoms with E-state index in [4.69, 9.17) is 27.9 Å². The van der Waals surface area contributed by atoms with Crippen LogP contribution >= 0.6 is 23.2 Å². The maximum Gasteiger partial charge on any atom is 0.260 e. The van der Waals surface area contributed by atoms with Crippen LogP contribution in [0.2, 0.25) is 10.0 Å². The first-order valence-corrected chi connectivity index (χ1v) is 6.69. The summed E-state index contributed by atoms with van der Waals surface area (Å²) in [6.45, 7) is 0.886. The Morgan fingerprint density at radius 1 is 1.21 bits per heavy atom. The van der Waals surface area contributed by atoms with Crippen LogP contribution in [0.3, 0.4) is 0 Å². The third-order valence-electron chi connectivity index (χ3n) is 2.93. The lowest BCUT2D eigenvalue weighted by molar-refractivity contribution is -0.136. The Morgan fingerprint density at radius 3 is 2.53 bits per heavy atom. The van der Waals surface area contributed by atoms with E-state index in [0.29, 0.717) is 41.7 Å². The van der Waals surface area contributed by atoms with Gasteiger partial charge in [0.05, 0.1) is 10.0 Å². The first-order chi connectivity index (χ1) is 9.06. The number of hydrogen-bond acceptors (Lipinski definition) is 3. The highest BCUT2D eigenvalue weighted by molar-refractivity contribution is 6.42. The number of ketones is 1. The molecule has 0 aromatic heterocycles. The quantitative estimate of drug-likeness (QED) is 0.862. The van der Waals surface area contributed by atoms with Crippen LogP contribution in [0.25, 0.3) is 0 Å². The predicted molar refractivity (Wildman–Crippen MR) is 72.8 cm³/mol. The molecule has 0 N–H and O–H groups in total. The van der Waals surface area contributed by atoms with Gasteiger partial charge in [0.15, 0.2) is 6.61 Å². The molecule has 0 bridgehead atoms. The summed E-state index contributed by atoms with van der Waals surface area (Å²) in [4.78, 5) is 24.6. The second kappa shape index (κ2) is 6.26. The standard InChI is InChI=1S/C13H13Cl2NO3/c14-11-2-1-10(7-12(11)15)19-8-13(18)16-5-3-9(17)4-6-16/h1-2,7H,3-6,8H2. The van der Waals surface area contributed by atoms with Gasteiger partial charge in [-0.05, 0) is 12.1 Å². The number of hydrogen-bond donors (Lipinski definition) is 0. The molecule has 19 heavy (non-hydrogen) atoms. The number of benzene rings is 1. The van der Waals surface area contributed by atoms with E-state index in [2.05, 4.69) is 0 Å². The average Bonchev–Trinajstić information content (AvgIpc) is 2.40. The summed E-state index contributed by atoms with van der Waals surface area (Å²) in [5.74, 6) is 0.573. The van der Waals surface area contributed by atoms with E-state index < -0.39 is 0 Å².